The second kappa shape index (κ2) is 8.80. The summed E-state index contributed by atoms with van der Waals surface area (Å²) in [6, 6.07) is 8.55. The molecule has 3 rings (SSSR count). The molecule has 1 N–H and O–H groups in total. The molecule has 1 saturated heterocycles. The van der Waals surface area contributed by atoms with Crippen molar-refractivity contribution in [1.82, 2.24) is 5.32 Å². The lowest BCUT2D eigenvalue weighted by Crippen LogP contribution is -2.13. The minimum Gasteiger partial charge on any atom is -0.387 e. The molecule has 1 heterocycles. The summed E-state index contributed by atoms with van der Waals surface area (Å²) in [4.78, 5) is 1.47. The molecule has 2 aliphatic rings. The van der Waals surface area contributed by atoms with Crippen molar-refractivity contribution in [2.45, 2.75) is 57.6 Å². The molecule has 2 fully saturated rings. The zero-order valence-corrected chi connectivity index (χ0v) is 19.1. The topological polar surface area (TPSA) is 55.4 Å². The van der Waals surface area contributed by atoms with Crippen molar-refractivity contribution >= 4 is 27.6 Å². The van der Waals surface area contributed by atoms with Crippen LogP contribution in [0.3, 0.4) is 0 Å². The van der Waals surface area contributed by atoms with Crippen molar-refractivity contribution in [3.8, 4) is 0 Å². The average Bonchev–Trinajstić information content (AvgIpc) is 3.24. The van der Waals surface area contributed by atoms with Crippen molar-refractivity contribution in [1.29, 1.82) is 0 Å². The van der Waals surface area contributed by atoms with Crippen molar-refractivity contribution in [2.24, 2.45) is 11.8 Å². The van der Waals surface area contributed by atoms with Crippen molar-refractivity contribution in [2.75, 3.05) is 19.4 Å². The summed E-state index contributed by atoms with van der Waals surface area (Å²) in [6.07, 6.45) is 4.82. The molecule has 1 aromatic carbocycles. The number of hydrogen-bond donors (Lipinski definition) is 1. The third-order valence-electron chi connectivity index (χ3n) is 6.09. The van der Waals surface area contributed by atoms with E-state index in [9.17, 15) is 8.42 Å². The van der Waals surface area contributed by atoms with E-state index >= 15 is 0 Å². The van der Waals surface area contributed by atoms with Gasteiger partial charge in [-0.1, -0.05) is 38.1 Å². The van der Waals surface area contributed by atoms with Gasteiger partial charge in [0.25, 0.3) is 10.1 Å². The fourth-order valence-electron chi connectivity index (χ4n) is 4.48. The van der Waals surface area contributed by atoms with Gasteiger partial charge in [-0.25, -0.2) is 0 Å². The third-order valence-corrected chi connectivity index (χ3v) is 9.43. The Morgan fingerprint density at radius 3 is 2.79 bits per heavy atom. The number of rotatable bonds is 9. The van der Waals surface area contributed by atoms with Crippen LogP contribution in [0, 0.1) is 18.8 Å². The Morgan fingerprint density at radius 2 is 2.11 bits per heavy atom. The monoisotopic (exact) mass is 423 g/mol. The van der Waals surface area contributed by atoms with E-state index in [1.54, 1.807) is 0 Å². The molecule has 28 heavy (non-hydrogen) atoms. The van der Waals surface area contributed by atoms with Gasteiger partial charge in [-0.05, 0) is 56.4 Å². The van der Waals surface area contributed by atoms with E-state index in [4.69, 9.17) is 4.18 Å². The van der Waals surface area contributed by atoms with Crippen LogP contribution in [-0.2, 0) is 14.3 Å². The first-order valence-corrected chi connectivity index (χ1v) is 12.8. The predicted molar refractivity (Wildman–Crippen MR) is 119 cm³/mol. The van der Waals surface area contributed by atoms with Gasteiger partial charge in [0.1, 0.15) is 0 Å². The lowest BCUT2D eigenvalue weighted by atomic mass is 9.97. The van der Waals surface area contributed by atoms with E-state index in [0.29, 0.717) is 29.6 Å². The minimum absolute atomic E-state index is 0.118. The fourth-order valence-corrected chi connectivity index (χ4v) is 7.43. The maximum absolute atomic E-state index is 11.7. The summed E-state index contributed by atoms with van der Waals surface area (Å²) in [6.45, 7) is 6.71. The zero-order chi connectivity index (χ0) is 20.4. The number of benzene rings is 1. The van der Waals surface area contributed by atoms with Gasteiger partial charge in [0.2, 0.25) is 0 Å². The quantitative estimate of drug-likeness (QED) is 0.450. The van der Waals surface area contributed by atoms with Gasteiger partial charge in [0, 0.05) is 22.3 Å². The zero-order valence-electron chi connectivity index (χ0n) is 17.5. The molecule has 0 bridgehead atoms. The molecule has 0 amide bonds. The van der Waals surface area contributed by atoms with Gasteiger partial charge in [-0.3, -0.25) is 4.18 Å². The predicted octanol–water partition coefficient (Wildman–Crippen LogP) is 4.95. The van der Waals surface area contributed by atoms with Crippen LogP contribution < -0.4 is 5.32 Å². The number of thioether (sulfide) groups is 1. The molecule has 1 aliphatic carbocycles. The molecular weight excluding hydrogens is 390 g/mol. The van der Waals surface area contributed by atoms with Crippen LogP contribution in [0.15, 0.2) is 29.2 Å². The summed E-state index contributed by atoms with van der Waals surface area (Å²) in [5, 5.41) is 3.46. The van der Waals surface area contributed by atoms with Crippen LogP contribution in [0.25, 0.3) is 5.70 Å². The molecule has 1 saturated carbocycles. The molecule has 3 atom stereocenters. The Hall–Kier alpha value is -0.980. The highest BCUT2D eigenvalue weighted by atomic mass is 32.2. The summed E-state index contributed by atoms with van der Waals surface area (Å²) in [5.74, 6) is 1.43. The van der Waals surface area contributed by atoms with Crippen LogP contribution in [-0.4, -0.2) is 32.6 Å². The van der Waals surface area contributed by atoms with Crippen molar-refractivity contribution in [3.05, 3.63) is 40.3 Å². The smallest absolute Gasteiger partial charge is 0.267 e. The fraction of sp³-hybridized carbons (Fsp3) is 0.636. The second-order valence-electron chi connectivity index (χ2n) is 8.15. The van der Waals surface area contributed by atoms with E-state index in [-0.39, 0.29) is 5.75 Å². The second-order valence-corrected chi connectivity index (χ2v) is 11.4. The largest absolute Gasteiger partial charge is 0.387 e. The van der Waals surface area contributed by atoms with Gasteiger partial charge in [-0.2, -0.15) is 8.42 Å². The third kappa shape index (κ3) is 4.60. The summed E-state index contributed by atoms with van der Waals surface area (Å²) >= 11 is 2.06. The Balaban J connectivity index is 1.61. The highest BCUT2D eigenvalue weighted by Crippen LogP contribution is 2.69. The molecular formula is C22H33NO3S2. The lowest BCUT2D eigenvalue weighted by Gasteiger charge is -2.15. The van der Waals surface area contributed by atoms with Gasteiger partial charge in [-0.15, -0.1) is 11.8 Å². The Kier molecular flexibility index (Phi) is 6.83. The molecule has 4 nitrogen and oxygen atoms in total. The van der Waals surface area contributed by atoms with Crippen LogP contribution in [0.1, 0.15) is 57.1 Å². The molecule has 0 radical (unpaired) electrons. The number of allylic oxidation sites excluding steroid dienone is 1. The van der Waals surface area contributed by atoms with E-state index in [1.165, 1.54) is 28.1 Å². The summed E-state index contributed by atoms with van der Waals surface area (Å²) < 4.78 is 28.8. The average molecular weight is 424 g/mol. The number of aryl methyl sites for hydroxylation is 1. The molecule has 1 aromatic rings. The van der Waals surface area contributed by atoms with Crippen LogP contribution in [0.2, 0.25) is 0 Å². The standard InChI is InChI=1S/C22H33NO3S2/c1-5-13-28(24,25)26-12-8-10-18-15-22(18)17(3)14-20(27-22)21(23-4)19-11-7-6-9-16(19)2/h6-7,9,11,17-18,23H,5,8,10,12-15H2,1-4H3/b21-20-. The SMILES string of the molecule is CCCS(=O)(=O)OCCCC1CC12S/C(=C(\NC)c1ccccc1C)CC2C. The number of hydrogen-bond acceptors (Lipinski definition) is 5. The number of nitrogens with one attached hydrogen (secondary N) is 1. The molecule has 156 valence electrons. The molecule has 6 heteroatoms. The molecule has 1 aliphatic heterocycles. The van der Waals surface area contributed by atoms with Crippen molar-refractivity contribution in [3.63, 3.8) is 0 Å². The lowest BCUT2D eigenvalue weighted by molar-refractivity contribution is 0.303. The van der Waals surface area contributed by atoms with E-state index in [0.717, 1.165) is 19.3 Å². The highest BCUT2D eigenvalue weighted by Gasteiger charge is 2.61. The minimum atomic E-state index is -3.33. The Labute approximate surface area is 174 Å². The Morgan fingerprint density at radius 1 is 1.36 bits per heavy atom. The van der Waals surface area contributed by atoms with E-state index in [2.05, 4.69) is 55.2 Å². The molecule has 3 unspecified atom stereocenters. The van der Waals surface area contributed by atoms with Crippen LogP contribution >= 0.6 is 11.8 Å². The first-order valence-electron chi connectivity index (χ1n) is 10.4. The maximum Gasteiger partial charge on any atom is 0.267 e. The van der Waals surface area contributed by atoms with E-state index < -0.39 is 10.1 Å². The first-order chi connectivity index (χ1) is 13.3. The molecule has 1 spiro atoms. The summed E-state index contributed by atoms with van der Waals surface area (Å²) in [7, 11) is -1.31. The van der Waals surface area contributed by atoms with Gasteiger partial charge in [0.15, 0.2) is 0 Å². The van der Waals surface area contributed by atoms with Crippen LogP contribution in [0.4, 0.5) is 0 Å². The first kappa shape index (κ1) is 21.7. The maximum atomic E-state index is 11.7. The van der Waals surface area contributed by atoms with Crippen molar-refractivity contribution < 1.29 is 12.6 Å². The van der Waals surface area contributed by atoms with Gasteiger partial charge < -0.3 is 5.32 Å². The normalized spacial score (nSPS) is 28.6. The van der Waals surface area contributed by atoms with Gasteiger partial charge in [0.05, 0.1) is 18.1 Å². The highest BCUT2D eigenvalue weighted by molar-refractivity contribution is 8.05. The van der Waals surface area contributed by atoms with E-state index in [1.807, 2.05) is 14.0 Å². The van der Waals surface area contributed by atoms with Crippen LogP contribution in [0.5, 0.6) is 0 Å². The summed E-state index contributed by atoms with van der Waals surface area (Å²) in [5.41, 5.74) is 3.86. The van der Waals surface area contributed by atoms with Gasteiger partial charge >= 0.3 is 0 Å². The molecule has 0 aromatic heterocycles. The Bertz CT molecular complexity index is 834.